The molecule has 2 aromatic rings. The second-order valence-corrected chi connectivity index (χ2v) is 9.86. The van der Waals surface area contributed by atoms with Crippen LogP contribution in [0.3, 0.4) is 0 Å². The van der Waals surface area contributed by atoms with Crippen LogP contribution in [0.5, 0.6) is 17.2 Å². The molecule has 1 aliphatic heterocycles. The Labute approximate surface area is 233 Å². The first-order valence-electron chi connectivity index (χ1n) is 14.4. The van der Waals surface area contributed by atoms with Crippen molar-refractivity contribution in [3.63, 3.8) is 0 Å². The van der Waals surface area contributed by atoms with Crippen LogP contribution in [0.4, 0.5) is 0 Å². The minimum Gasteiger partial charge on any atom is -0.497 e. The fourth-order valence-corrected chi connectivity index (χ4v) is 4.40. The van der Waals surface area contributed by atoms with E-state index in [2.05, 4.69) is 31.2 Å². The van der Waals surface area contributed by atoms with E-state index < -0.39 is 0 Å². The van der Waals surface area contributed by atoms with E-state index in [9.17, 15) is 9.59 Å². The fraction of sp³-hybridized carbons (Fsp3) is 0.412. The first-order chi connectivity index (χ1) is 19.1. The molecule has 39 heavy (non-hydrogen) atoms. The van der Waals surface area contributed by atoms with Gasteiger partial charge in [0.15, 0.2) is 5.76 Å². The van der Waals surface area contributed by atoms with Gasteiger partial charge in [0.05, 0.1) is 12.7 Å². The third-order valence-corrected chi connectivity index (χ3v) is 6.62. The molecular weight excluding hydrogens is 488 g/mol. The molecule has 0 spiro atoms. The van der Waals surface area contributed by atoms with Crippen molar-refractivity contribution in [2.24, 2.45) is 0 Å². The molecule has 0 saturated carbocycles. The SMILES string of the molecule is CCCCC/C=C\C=C\CCCCCCCCC(=O)Oc1ccc2c(c1)C(=O)/C(=C/c1cccc(OC)c1)O2. The van der Waals surface area contributed by atoms with Crippen LogP contribution < -0.4 is 14.2 Å². The summed E-state index contributed by atoms with van der Waals surface area (Å²) >= 11 is 0. The Bertz CT molecular complexity index is 1160. The average Bonchev–Trinajstić information content (AvgIpc) is 3.25. The lowest BCUT2D eigenvalue weighted by Crippen LogP contribution is -2.08. The number of hydrogen-bond acceptors (Lipinski definition) is 5. The number of esters is 1. The molecule has 0 aromatic heterocycles. The maximum atomic E-state index is 12.9. The van der Waals surface area contributed by atoms with Crippen molar-refractivity contribution >= 4 is 17.8 Å². The van der Waals surface area contributed by atoms with Crippen LogP contribution in [0.15, 0.2) is 72.5 Å². The molecule has 0 saturated heterocycles. The van der Waals surface area contributed by atoms with Crippen molar-refractivity contribution in [1.29, 1.82) is 0 Å². The van der Waals surface area contributed by atoms with E-state index in [1.54, 1.807) is 31.4 Å². The Morgan fingerprint density at radius 2 is 1.56 bits per heavy atom. The van der Waals surface area contributed by atoms with Crippen LogP contribution >= 0.6 is 0 Å². The van der Waals surface area contributed by atoms with Crippen LogP contribution in [0.25, 0.3) is 6.08 Å². The Hall–Kier alpha value is -3.60. The van der Waals surface area contributed by atoms with E-state index in [-0.39, 0.29) is 17.5 Å². The van der Waals surface area contributed by atoms with Gasteiger partial charge in [-0.1, -0.05) is 81.9 Å². The molecule has 0 fully saturated rings. The number of fused-ring (bicyclic) bond motifs is 1. The molecule has 2 aromatic carbocycles. The van der Waals surface area contributed by atoms with Gasteiger partial charge in [-0.3, -0.25) is 9.59 Å². The van der Waals surface area contributed by atoms with Gasteiger partial charge in [-0.25, -0.2) is 0 Å². The van der Waals surface area contributed by atoms with Crippen molar-refractivity contribution in [3.8, 4) is 17.2 Å². The summed E-state index contributed by atoms with van der Waals surface area (Å²) in [6.07, 6.45) is 23.6. The van der Waals surface area contributed by atoms with Crippen LogP contribution in [0.2, 0.25) is 0 Å². The summed E-state index contributed by atoms with van der Waals surface area (Å²) in [6.45, 7) is 2.23. The molecule has 3 rings (SSSR count). The molecule has 1 heterocycles. The zero-order chi connectivity index (χ0) is 27.7. The highest BCUT2D eigenvalue weighted by Gasteiger charge is 2.28. The van der Waals surface area contributed by atoms with Gasteiger partial charge in [0, 0.05) is 6.42 Å². The first kappa shape index (κ1) is 29.9. The highest BCUT2D eigenvalue weighted by atomic mass is 16.5. The predicted octanol–water partition coefficient (Wildman–Crippen LogP) is 9.03. The number of methoxy groups -OCH3 is 1. The molecule has 1 aliphatic rings. The molecule has 0 atom stereocenters. The van der Waals surface area contributed by atoms with Gasteiger partial charge in [0.25, 0.3) is 0 Å². The number of hydrogen-bond donors (Lipinski definition) is 0. The molecule has 0 amide bonds. The van der Waals surface area contributed by atoms with Gasteiger partial charge in [-0.05, 0) is 74.1 Å². The minimum absolute atomic E-state index is 0.229. The molecule has 5 heteroatoms. The van der Waals surface area contributed by atoms with E-state index in [0.29, 0.717) is 29.2 Å². The van der Waals surface area contributed by atoms with Crippen LogP contribution in [0, 0.1) is 0 Å². The van der Waals surface area contributed by atoms with Crippen LogP contribution in [-0.4, -0.2) is 18.9 Å². The maximum absolute atomic E-state index is 12.9. The van der Waals surface area contributed by atoms with E-state index in [1.807, 2.05) is 24.3 Å². The fourth-order valence-electron chi connectivity index (χ4n) is 4.40. The Morgan fingerprint density at radius 1 is 0.846 bits per heavy atom. The van der Waals surface area contributed by atoms with Gasteiger partial charge >= 0.3 is 5.97 Å². The van der Waals surface area contributed by atoms with Gasteiger partial charge in [-0.15, -0.1) is 0 Å². The number of rotatable bonds is 17. The molecular formula is C34H42O5. The van der Waals surface area contributed by atoms with Crippen molar-refractivity contribution < 1.29 is 23.8 Å². The van der Waals surface area contributed by atoms with Crippen molar-refractivity contribution in [2.75, 3.05) is 7.11 Å². The van der Waals surface area contributed by atoms with Crippen LogP contribution in [-0.2, 0) is 4.79 Å². The number of ketones is 1. The monoisotopic (exact) mass is 530 g/mol. The number of benzene rings is 2. The largest absolute Gasteiger partial charge is 0.497 e. The van der Waals surface area contributed by atoms with Crippen molar-refractivity contribution in [3.05, 3.63) is 83.7 Å². The molecule has 208 valence electrons. The van der Waals surface area contributed by atoms with Crippen molar-refractivity contribution in [2.45, 2.75) is 84.0 Å². The smallest absolute Gasteiger partial charge is 0.311 e. The molecule has 0 unspecified atom stereocenters. The number of unbranched alkanes of at least 4 members (excludes halogenated alkanes) is 9. The summed E-state index contributed by atoms with van der Waals surface area (Å²) in [5.41, 5.74) is 1.20. The Morgan fingerprint density at radius 3 is 2.31 bits per heavy atom. The summed E-state index contributed by atoms with van der Waals surface area (Å²) < 4.78 is 16.5. The van der Waals surface area contributed by atoms with Gasteiger partial charge < -0.3 is 14.2 Å². The zero-order valence-corrected chi connectivity index (χ0v) is 23.5. The normalized spacial score (nSPS) is 13.8. The second kappa shape index (κ2) is 17.1. The van der Waals surface area contributed by atoms with Gasteiger partial charge in [-0.2, -0.15) is 0 Å². The lowest BCUT2D eigenvalue weighted by molar-refractivity contribution is -0.134. The number of carbonyl (C=O) groups is 2. The molecule has 5 nitrogen and oxygen atoms in total. The lowest BCUT2D eigenvalue weighted by Gasteiger charge is -2.05. The average molecular weight is 531 g/mol. The summed E-state index contributed by atoms with van der Waals surface area (Å²) in [6, 6.07) is 12.3. The van der Waals surface area contributed by atoms with E-state index >= 15 is 0 Å². The van der Waals surface area contributed by atoms with E-state index in [0.717, 1.165) is 31.2 Å². The highest BCUT2D eigenvalue weighted by Crippen LogP contribution is 2.35. The van der Waals surface area contributed by atoms with E-state index in [4.69, 9.17) is 14.2 Å². The topological polar surface area (TPSA) is 61.8 Å². The van der Waals surface area contributed by atoms with Gasteiger partial charge in [0.2, 0.25) is 5.78 Å². The molecule has 0 aliphatic carbocycles. The zero-order valence-electron chi connectivity index (χ0n) is 23.5. The summed E-state index contributed by atoms with van der Waals surface area (Å²) in [5.74, 6) is 1.24. The molecule has 0 bridgehead atoms. The van der Waals surface area contributed by atoms with E-state index in [1.165, 1.54) is 44.9 Å². The van der Waals surface area contributed by atoms with Gasteiger partial charge in [0.1, 0.15) is 17.2 Å². The summed E-state index contributed by atoms with van der Waals surface area (Å²) in [5, 5.41) is 0. The number of carbonyl (C=O) groups excluding carboxylic acids is 2. The summed E-state index contributed by atoms with van der Waals surface area (Å²) in [4.78, 5) is 25.2. The maximum Gasteiger partial charge on any atom is 0.311 e. The third kappa shape index (κ3) is 10.6. The number of allylic oxidation sites excluding steroid dienone is 5. The number of ether oxygens (including phenoxy) is 3. The Kier molecular flexibility index (Phi) is 13.1. The standard InChI is InChI=1S/C34H42O5/c1-3-4-5-6-7-8-9-10-11-12-13-14-15-16-17-21-33(35)38-29-22-23-31-30(26-29)34(36)32(39-31)25-27-19-18-20-28(24-27)37-2/h7-10,18-20,22-26H,3-6,11-17,21H2,1-2H3/b8-7-,10-9+,32-25-. The quantitative estimate of drug-likeness (QED) is 0.0671. The highest BCUT2D eigenvalue weighted by molar-refractivity contribution is 6.14. The van der Waals surface area contributed by atoms with Crippen LogP contribution in [0.1, 0.15) is 99.9 Å². The third-order valence-electron chi connectivity index (χ3n) is 6.62. The lowest BCUT2D eigenvalue weighted by atomic mass is 10.1. The number of Topliss-reactive ketones (excluding diaryl/α,β-unsaturated/α-hetero) is 1. The minimum atomic E-state index is -0.277. The predicted molar refractivity (Wildman–Crippen MR) is 157 cm³/mol. The molecule has 0 radical (unpaired) electrons. The molecule has 0 N–H and O–H groups in total. The second-order valence-electron chi connectivity index (χ2n) is 9.86. The Balaban J connectivity index is 1.30. The summed E-state index contributed by atoms with van der Waals surface area (Å²) in [7, 11) is 1.60. The first-order valence-corrected chi connectivity index (χ1v) is 14.4. The van der Waals surface area contributed by atoms with Crippen molar-refractivity contribution in [1.82, 2.24) is 0 Å².